The number of nitrogens with one attached hydrogen (secondary N) is 1. The fourth-order valence-corrected chi connectivity index (χ4v) is 2.56. The van der Waals surface area contributed by atoms with Crippen LogP contribution in [-0.4, -0.2) is 46.2 Å². The highest BCUT2D eigenvalue weighted by Crippen LogP contribution is 2.21. The van der Waals surface area contributed by atoms with Crippen molar-refractivity contribution in [2.75, 3.05) is 25.5 Å². The topological polar surface area (TPSA) is 61.3 Å². The molecule has 2 N–H and O–H groups in total. The number of piperidine rings is 1. The van der Waals surface area contributed by atoms with E-state index in [1.807, 2.05) is 13.1 Å². The molecule has 1 atom stereocenters. The Labute approximate surface area is 108 Å². The van der Waals surface area contributed by atoms with E-state index in [2.05, 4.69) is 20.2 Å². The van der Waals surface area contributed by atoms with Crippen molar-refractivity contribution in [2.45, 2.75) is 38.3 Å². The standard InChI is InChI=1S/C13H22N4O/c1-14-13-15-7-5-11(16-13)10-17-8-3-2-4-12(17)6-9-18/h5,7,12,18H,2-4,6,8-10H2,1H3,(H,14,15,16). The average molecular weight is 250 g/mol. The van der Waals surface area contributed by atoms with Crippen LogP contribution in [0, 0.1) is 0 Å². The summed E-state index contributed by atoms with van der Waals surface area (Å²) in [6.07, 6.45) is 6.35. The second-order valence-electron chi connectivity index (χ2n) is 4.75. The Morgan fingerprint density at radius 1 is 1.50 bits per heavy atom. The van der Waals surface area contributed by atoms with Gasteiger partial charge in [-0.2, -0.15) is 0 Å². The Balaban J connectivity index is 2.01. The highest BCUT2D eigenvalue weighted by atomic mass is 16.3. The van der Waals surface area contributed by atoms with Crippen LogP contribution in [0.15, 0.2) is 12.3 Å². The fourth-order valence-electron chi connectivity index (χ4n) is 2.56. The summed E-state index contributed by atoms with van der Waals surface area (Å²) in [6, 6.07) is 2.46. The highest BCUT2D eigenvalue weighted by Gasteiger charge is 2.22. The largest absolute Gasteiger partial charge is 0.396 e. The number of hydrogen-bond donors (Lipinski definition) is 2. The van der Waals surface area contributed by atoms with Gasteiger partial charge in [0.25, 0.3) is 0 Å². The molecule has 0 aliphatic carbocycles. The van der Waals surface area contributed by atoms with Crippen LogP contribution in [0.3, 0.4) is 0 Å². The summed E-state index contributed by atoms with van der Waals surface area (Å²) >= 11 is 0. The van der Waals surface area contributed by atoms with Gasteiger partial charge in [-0.05, 0) is 31.9 Å². The monoisotopic (exact) mass is 250 g/mol. The molecule has 2 heterocycles. The molecular weight excluding hydrogens is 228 g/mol. The van der Waals surface area contributed by atoms with Crippen molar-refractivity contribution >= 4 is 5.95 Å². The summed E-state index contributed by atoms with van der Waals surface area (Å²) in [5.74, 6) is 0.670. The molecule has 0 amide bonds. The third-order valence-electron chi connectivity index (χ3n) is 3.51. The Morgan fingerprint density at radius 3 is 3.17 bits per heavy atom. The molecule has 5 nitrogen and oxygen atoms in total. The minimum absolute atomic E-state index is 0.271. The first kappa shape index (κ1) is 13.2. The van der Waals surface area contributed by atoms with Crippen molar-refractivity contribution in [3.63, 3.8) is 0 Å². The fraction of sp³-hybridized carbons (Fsp3) is 0.692. The molecule has 1 unspecified atom stereocenters. The zero-order valence-corrected chi connectivity index (χ0v) is 11.0. The van der Waals surface area contributed by atoms with Crippen molar-refractivity contribution < 1.29 is 5.11 Å². The van der Waals surface area contributed by atoms with E-state index in [4.69, 9.17) is 5.11 Å². The van der Waals surface area contributed by atoms with Gasteiger partial charge in [0.05, 0.1) is 5.69 Å². The predicted molar refractivity (Wildman–Crippen MR) is 71.3 cm³/mol. The second kappa shape index (κ2) is 6.66. The van der Waals surface area contributed by atoms with Gasteiger partial charge >= 0.3 is 0 Å². The zero-order valence-electron chi connectivity index (χ0n) is 11.0. The minimum Gasteiger partial charge on any atom is -0.396 e. The molecule has 0 saturated carbocycles. The van der Waals surface area contributed by atoms with Gasteiger partial charge in [0.1, 0.15) is 0 Å². The van der Waals surface area contributed by atoms with Crippen molar-refractivity contribution in [3.8, 4) is 0 Å². The molecule has 5 heteroatoms. The molecule has 0 aromatic carbocycles. The number of nitrogens with zero attached hydrogens (tertiary/aromatic N) is 3. The molecule has 18 heavy (non-hydrogen) atoms. The maximum Gasteiger partial charge on any atom is 0.222 e. The lowest BCUT2D eigenvalue weighted by molar-refractivity contribution is 0.111. The molecule has 0 spiro atoms. The summed E-state index contributed by atoms with van der Waals surface area (Å²) in [5.41, 5.74) is 1.04. The number of hydrogen-bond acceptors (Lipinski definition) is 5. The smallest absolute Gasteiger partial charge is 0.222 e. The number of aliphatic hydroxyl groups excluding tert-OH is 1. The normalized spacial score (nSPS) is 20.9. The van der Waals surface area contributed by atoms with Gasteiger partial charge in [0.2, 0.25) is 5.95 Å². The van der Waals surface area contributed by atoms with Crippen LogP contribution in [0.5, 0.6) is 0 Å². The third kappa shape index (κ3) is 3.40. The first-order valence-corrected chi connectivity index (χ1v) is 6.68. The first-order valence-electron chi connectivity index (χ1n) is 6.68. The van der Waals surface area contributed by atoms with E-state index in [0.29, 0.717) is 12.0 Å². The summed E-state index contributed by atoms with van der Waals surface area (Å²) in [4.78, 5) is 11.0. The van der Waals surface area contributed by atoms with Crippen molar-refractivity contribution in [1.82, 2.24) is 14.9 Å². The third-order valence-corrected chi connectivity index (χ3v) is 3.51. The van der Waals surface area contributed by atoms with Gasteiger partial charge in [-0.1, -0.05) is 6.42 Å². The number of aliphatic hydroxyl groups is 1. The van der Waals surface area contributed by atoms with E-state index in [0.717, 1.165) is 25.2 Å². The molecule has 1 aromatic rings. The lowest BCUT2D eigenvalue weighted by Gasteiger charge is -2.35. The van der Waals surface area contributed by atoms with E-state index < -0.39 is 0 Å². The van der Waals surface area contributed by atoms with Crippen molar-refractivity contribution in [3.05, 3.63) is 18.0 Å². The van der Waals surface area contributed by atoms with E-state index in [9.17, 15) is 0 Å². The second-order valence-corrected chi connectivity index (χ2v) is 4.75. The molecule has 1 aliphatic rings. The Hall–Kier alpha value is -1.20. The first-order chi connectivity index (χ1) is 8.83. The minimum atomic E-state index is 0.271. The quantitative estimate of drug-likeness (QED) is 0.823. The maximum atomic E-state index is 9.12. The lowest BCUT2D eigenvalue weighted by Crippen LogP contribution is -2.39. The lowest BCUT2D eigenvalue weighted by atomic mass is 9.99. The Morgan fingerprint density at radius 2 is 2.39 bits per heavy atom. The SMILES string of the molecule is CNc1nccc(CN2CCCCC2CCO)n1. The van der Waals surface area contributed by atoms with E-state index in [1.54, 1.807) is 6.20 Å². The molecule has 1 fully saturated rings. The molecule has 0 radical (unpaired) electrons. The molecular formula is C13H22N4O. The van der Waals surface area contributed by atoms with Crippen LogP contribution >= 0.6 is 0 Å². The Kier molecular flexibility index (Phi) is 4.90. The zero-order chi connectivity index (χ0) is 12.8. The number of aromatic nitrogens is 2. The summed E-state index contributed by atoms with van der Waals surface area (Å²) in [6.45, 7) is 2.22. The van der Waals surface area contributed by atoms with Crippen LogP contribution in [0.25, 0.3) is 0 Å². The maximum absolute atomic E-state index is 9.12. The van der Waals surface area contributed by atoms with Crippen LogP contribution in [0.1, 0.15) is 31.4 Å². The van der Waals surface area contributed by atoms with Crippen LogP contribution in [0.2, 0.25) is 0 Å². The van der Waals surface area contributed by atoms with Crippen molar-refractivity contribution in [2.24, 2.45) is 0 Å². The molecule has 2 rings (SSSR count). The van der Waals surface area contributed by atoms with Crippen LogP contribution in [-0.2, 0) is 6.54 Å². The number of anilines is 1. The molecule has 100 valence electrons. The van der Waals surface area contributed by atoms with Gasteiger partial charge in [0, 0.05) is 32.4 Å². The van der Waals surface area contributed by atoms with Crippen LogP contribution < -0.4 is 5.32 Å². The number of rotatable bonds is 5. The molecule has 1 aromatic heterocycles. The predicted octanol–water partition coefficient (Wildman–Crippen LogP) is 1.26. The molecule has 1 aliphatic heterocycles. The summed E-state index contributed by atoms with van der Waals surface area (Å²) in [7, 11) is 1.83. The van der Waals surface area contributed by atoms with Gasteiger partial charge in [-0.15, -0.1) is 0 Å². The number of likely N-dealkylation sites (tertiary alicyclic amines) is 1. The van der Waals surface area contributed by atoms with Crippen LogP contribution in [0.4, 0.5) is 5.95 Å². The van der Waals surface area contributed by atoms with Gasteiger partial charge < -0.3 is 10.4 Å². The van der Waals surface area contributed by atoms with E-state index >= 15 is 0 Å². The van der Waals surface area contributed by atoms with Gasteiger partial charge in [-0.3, -0.25) is 4.90 Å². The van der Waals surface area contributed by atoms with Gasteiger partial charge in [0.15, 0.2) is 0 Å². The summed E-state index contributed by atoms with van der Waals surface area (Å²) in [5, 5.41) is 12.1. The van der Waals surface area contributed by atoms with Gasteiger partial charge in [-0.25, -0.2) is 9.97 Å². The van der Waals surface area contributed by atoms with E-state index in [-0.39, 0.29) is 6.61 Å². The summed E-state index contributed by atoms with van der Waals surface area (Å²) < 4.78 is 0. The average Bonchev–Trinajstić information content (AvgIpc) is 2.41. The molecule has 0 bridgehead atoms. The van der Waals surface area contributed by atoms with Crippen molar-refractivity contribution in [1.29, 1.82) is 0 Å². The molecule has 1 saturated heterocycles. The Bertz CT molecular complexity index is 370. The highest BCUT2D eigenvalue weighted by molar-refractivity contribution is 5.23. The van der Waals surface area contributed by atoms with E-state index in [1.165, 1.54) is 19.3 Å².